The lowest BCUT2D eigenvalue weighted by Gasteiger charge is -2.25. The van der Waals surface area contributed by atoms with Gasteiger partial charge in [0.25, 0.3) is 5.78 Å². The Morgan fingerprint density at radius 3 is 2.46 bits per heavy atom. The molecule has 37 heavy (non-hydrogen) atoms. The van der Waals surface area contributed by atoms with Gasteiger partial charge in [0.05, 0.1) is 30.0 Å². The molecular formula is C28H23ClN2O5S. The van der Waals surface area contributed by atoms with E-state index in [9.17, 15) is 14.7 Å². The molecule has 1 N–H and O–H groups in total. The van der Waals surface area contributed by atoms with Gasteiger partial charge in [-0.25, -0.2) is 4.98 Å². The molecule has 1 saturated heterocycles. The van der Waals surface area contributed by atoms with Crippen LogP contribution < -0.4 is 14.4 Å². The summed E-state index contributed by atoms with van der Waals surface area (Å²) in [5.41, 5.74) is 3.53. The largest absolute Gasteiger partial charge is 0.507 e. The molecule has 188 valence electrons. The molecule has 5 rings (SSSR count). The van der Waals surface area contributed by atoms with E-state index in [0.29, 0.717) is 32.8 Å². The van der Waals surface area contributed by atoms with E-state index in [1.807, 2.05) is 26.0 Å². The lowest BCUT2D eigenvalue weighted by molar-refractivity contribution is -0.132. The molecule has 0 spiro atoms. The molecule has 0 aliphatic carbocycles. The summed E-state index contributed by atoms with van der Waals surface area (Å²) in [5, 5.41) is 12.2. The third-order valence-corrected chi connectivity index (χ3v) is 7.57. The standard InChI is InChI=1S/C28H23ClN2O5S/c1-14-12-15(2)22-20(13-14)37-28(30-22)31-23(18-6-5-7-19(35-3)26(18)36-4)21(25(33)27(31)34)24(32)16-8-10-17(29)11-9-16/h5-13,23,32H,1-4H3/b24-21+. The molecule has 1 aliphatic heterocycles. The van der Waals surface area contributed by atoms with E-state index >= 15 is 0 Å². The summed E-state index contributed by atoms with van der Waals surface area (Å²) in [7, 11) is 2.99. The van der Waals surface area contributed by atoms with Crippen molar-refractivity contribution in [1.29, 1.82) is 0 Å². The van der Waals surface area contributed by atoms with E-state index in [4.69, 9.17) is 26.1 Å². The summed E-state index contributed by atoms with van der Waals surface area (Å²) in [4.78, 5) is 33.2. The number of Topliss-reactive ketones (excluding diaryl/α,β-unsaturated/α-hetero) is 1. The molecule has 4 aromatic rings. The summed E-state index contributed by atoms with van der Waals surface area (Å²) in [6, 6.07) is 14.6. The van der Waals surface area contributed by atoms with Crippen LogP contribution in [-0.2, 0) is 9.59 Å². The molecule has 2 heterocycles. The van der Waals surface area contributed by atoms with Crippen LogP contribution in [-0.4, -0.2) is 36.0 Å². The minimum absolute atomic E-state index is 0.0777. The zero-order chi connectivity index (χ0) is 26.4. The van der Waals surface area contributed by atoms with Crippen LogP contribution in [0.3, 0.4) is 0 Å². The number of aryl methyl sites for hydroxylation is 2. The molecule has 0 radical (unpaired) electrons. The van der Waals surface area contributed by atoms with Crippen molar-refractivity contribution in [2.45, 2.75) is 19.9 Å². The number of carbonyl (C=O) groups is 2. The van der Waals surface area contributed by atoms with Crippen LogP contribution in [0.1, 0.15) is 28.3 Å². The third kappa shape index (κ3) is 4.12. The van der Waals surface area contributed by atoms with Crippen molar-refractivity contribution in [3.8, 4) is 11.5 Å². The van der Waals surface area contributed by atoms with E-state index in [1.165, 1.54) is 30.5 Å². The van der Waals surface area contributed by atoms with Gasteiger partial charge >= 0.3 is 5.91 Å². The van der Waals surface area contributed by atoms with Crippen molar-refractivity contribution >= 4 is 55.7 Å². The first-order valence-corrected chi connectivity index (χ1v) is 12.6. The summed E-state index contributed by atoms with van der Waals surface area (Å²) in [5.74, 6) is -1.17. The second-order valence-corrected chi connectivity index (χ2v) is 10.1. The second kappa shape index (κ2) is 9.53. The number of hydrogen-bond donors (Lipinski definition) is 1. The number of ether oxygens (including phenoxy) is 2. The Hall–Kier alpha value is -3.88. The number of anilines is 1. The van der Waals surface area contributed by atoms with Gasteiger partial charge in [-0.15, -0.1) is 0 Å². The number of para-hydroxylation sites is 1. The predicted octanol–water partition coefficient (Wildman–Crippen LogP) is 6.21. The molecule has 1 unspecified atom stereocenters. The quantitative estimate of drug-likeness (QED) is 0.186. The smallest absolute Gasteiger partial charge is 0.301 e. The van der Waals surface area contributed by atoms with E-state index in [0.717, 1.165) is 21.3 Å². The third-order valence-electron chi connectivity index (χ3n) is 6.31. The first kappa shape index (κ1) is 24.8. The van der Waals surface area contributed by atoms with Crippen LogP contribution in [0.15, 0.2) is 60.2 Å². The van der Waals surface area contributed by atoms with Crippen molar-refractivity contribution in [2.75, 3.05) is 19.1 Å². The Morgan fingerprint density at radius 1 is 1.05 bits per heavy atom. The van der Waals surface area contributed by atoms with Crippen molar-refractivity contribution in [3.63, 3.8) is 0 Å². The lowest BCUT2D eigenvalue weighted by Crippen LogP contribution is -2.29. The number of amides is 1. The highest BCUT2D eigenvalue weighted by Gasteiger charge is 2.49. The van der Waals surface area contributed by atoms with Gasteiger partial charge in [-0.2, -0.15) is 0 Å². The van der Waals surface area contributed by atoms with Gasteiger partial charge in [0.15, 0.2) is 16.6 Å². The average molecular weight is 535 g/mol. The zero-order valence-corrected chi connectivity index (χ0v) is 22.1. The Morgan fingerprint density at radius 2 is 1.78 bits per heavy atom. The normalized spacial score (nSPS) is 17.0. The van der Waals surface area contributed by atoms with Crippen LogP contribution in [0.2, 0.25) is 5.02 Å². The van der Waals surface area contributed by atoms with E-state index in [2.05, 4.69) is 0 Å². The summed E-state index contributed by atoms with van der Waals surface area (Å²) >= 11 is 7.34. The van der Waals surface area contributed by atoms with Gasteiger partial charge in [-0.3, -0.25) is 14.5 Å². The number of ketones is 1. The number of carbonyl (C=O) groups excluding carboxylic acids is 2. The van der Waals surface area contributed by atoms with Gasteiger partial charge in [-0.05, 0) is 61.4 Å². The maximum absolute atomic E-state index is 13.6. The molecule has 3 aromatic carbocycles. The predicted molar refractivity (Wildman–Crippen MR) is 145 cm³/mol. The van der Waals surface area contributed by atoms with Gasteiger partial charge in [0.1, 0.15) is 11.8 Å². The summed E-state index contributed by atoms with van der Waals surface area (Å²) in [6.07, 6.45) is 0. The number of rotatable bonds is 5. The first-order valence-electron chi connectivity index (χ1n) is 11.4. The van der Waals surface area contributed by atoms with Crippen molar-refractivity contribution < 1.29 is 24.2 Å². The van der Waals surface area contributed by atoms with Crippen LogP contribution in [0.25, 0.3) is 16.0 Å². The number of aliphatic hydroxyl groups excluding tert-OH is 1. The van der Waals surface area contributed by atoms with Crippen LogP contribution in [0.5, 0.6) is 11.5 Å². The fourth-order valence-electron chi connectivity index (χ4n) is 4.68. The van der Waals surface area contributed by atoms with Crippen LogP contribution >= 0.6 is 22.9 Å². The number of thiazole rings is 1. The first-order chi connectivity index (χ1) is 17.7. The minimum Gasteiger partial charge on any atom is -0.507 e. The number of fused-ring (bicyclic) bond motifs is 1. The van der Waals surface area contributed by atoms with Crippen molar-refractivity contribution in [3.05, 3.63) is 87.4 Å². The summed E-state index contributed by atoms with van der Waals surface area (Å²) in [6.45, 7) is 3.95. The van der Waals surface area contributed by atoms with E-state index in [-0.39, 0.29) is 11.3 Å². The van der Waals surface area contributed by atoms with Gasteiger partial charge in [0, 0.05) is 16.1 Å². The van der Waals surface area contributed by atoms with E-state index in [1.54, 1.807) is 42.5 Å². The van der Waals surface area contributed by atoms with Gasteiger partial charge in [-0.1, -0.05) is 41.1 Å². The van der Waals surface area contributed by atoms with E-state index < -0.39 is 17.7 Å². The minimum atomic E-state index is -1.01. The highest BCUT2D eigenvalue weighted by Crippen LogP contribution is 2.48. The molecular weight excluding hydrogens is 512 g/mol. The SMILES string of the molecule is COc1cccc(C2/C(=C(\O)c3ccc(Cl)cc3)C(=O)C(=O)N2c2nc3c(C)cc(C)cc3s2)c1OC. The number of nitrogens with zero attached hydrogens (tertiary/aromatic N) is 2. The maximum Gasteiger partial charge on any atom is 0.301 e. The second-order valence-electron chi connectivity index (χ2n) is 8.68. The molecule has 1 aromatic heterocycles. The Labute approximate surface area is 222 Å². The van der Waals surface area contributed by atoms with Gasteiger partial charge in [0.2, 0.25) is 0 Å². The van der Waals surface area contributed by atoms with Crippen LogP contribution in [0, 0.1) is 13.8 Å². The Balaban J connectivity index is 1.80. The highest BCUT2D eigenvalue weighted by atomic mass is 35.5. The number of halogens is 1. The van der Waals surface area contributed by atoms with Crippen molar-refractivity contribution in [1.82, 2.24) is 4.98 Å². The maximum atomic E-state index is 13.6. The fraction of sp³-hybridized carbons (Fsp3) is 0.179. The highest BCUT2D eigenvalue weighted by molar-refractivity contribution is 7.22. The number of hydrogen-bond acceptors (Lipinski definition) is 7. The zero-order valence-electron chi connectivity index (χ0n) is 20.5. The number of methoxy groups -OCH3 is 2. The lowest BCUT2D eigenvalue weighted by atomic mass is 9.94. The monoisotopic (exact) mass is 534 g/mol. The van der Waals surface area contributed by atoms with Crippen molar-refractivity contribution in [2.24, 2.45) is 0 Å². The fourth-order valence-corrected chi connectivity index (χ4v) is 5.97. The number of benzene rings is 3. The summed E-state index contributed by atoms with van der Waals surface area (Å²) < 4.78 is 12.0. The molecule has 1 aliphatic rings. The van der Waals surface area contributed by atoms with Crippen LogP contribution in [0.4, 0.5) is 5.13 Å². The van der Waals surface area contributed by atoms with Gasteiger partial charge < -0.3 is 14.6 Å². The molecule has 1 fully saturated rings. The molecule has 0 bridgehead atoms. The Kier molecular flexibility index (Phi) is 6.39. The molecule has 1 amide bonds. The Bertz CT molecular complexity index is 1590. The number of aromatic nitrogens is 1. The topological polar surface area (TPSA) is 89.0 Å². The molecule has 7 nitrogen and oxygen atoms in total. The molecule has 0 saturated carbocycles. The number of aliphatic hydroxyl groups is 1. The molecule has 1 atom stereocenters. The average Bonchev–Trinajstić information content (AvgIpc) is 3.42. The molecule has 9 heteroatoms.